The van der Waals surface area contributed by atoms with E-state index in [-0.39, 0.29) is 22.0 Å². The van der Waals surface area contributed by atoms with Crippen LogP contribution in [0.4, 0.5) is 5.69 Å². The van der Waals surface area contributed by atoms with Crippen LogP contribution in [0.25, 0.3) is 17.4 Å². The van der Waals surface area contributed by atoms with Crippen LogP contribution in [0, 0.1) is 13.8 Å². The van der Waals surface area contributed by atoms with E-state index in [1.54, 1.807) is 36.4 Å². The summed E-state index contributed by atoms with van der Waals surface area (Å²) in [6.07, 6.45) is 1.32. The molecule has 2 N–H and O–H groups in total. The van der Waals surface area contributed by atoms with Gasteiger partial charge < -0.3 is 9.52 Å². The lowest BCUT2D eigenvalue weighted by Gasteiger charge is -2.30. The van der Waals surface area contributed by atoms with Gasteiger partial charge in [0.2, 0.25) is 0 Å². The van der Waals surface area contributed by atoms with Crippen molar-refractivity contribution in [3.63, 3.8) is 0 Å². The van der Waals surface area contributed by atoms with E-state index in [1.807, 2.05) is 26.0 Å². The number of rotatable bonds is 4. The first-order chi connectivity index (χ1) is 15.3. The van der Waals surface area contributed by atoms with Gasteiger partial charge in [-0.1, -0.05) is 30.3 Å². The molecule has 7 nitrogen and oxygen atoms in total. The number of furan rings is 1. The summed E-state index contributed by atoms with van der Waals surface area (Å²) in [6.45, 7) is 3.80. The second-order valence-electron chi connectivity index (χ2n) is 7.23. The summed E-state index contributed by atoms with van der Waals surface area (Å²) in [5.74, 6) is -1.76. The molecular weight excluding hydrogens is 428 g/mol. The van der Waals surface area contributed by atoms with Gasteiger partial charge >= 0.3 is 5.97 Å². The summed E-state index contributed by atoms with van der Waals surface area (Å²) < 4.78 is 5.75. The first-order valence-electron chi connectivity index (χ1n) is 9.68. The molecule has 1 fully saturated rings. The van der Waals surface area contributed by atoms with Crippen molar-refractivity contribution in [1.82, 2.24) is 5.32 Å². The second kappa shape index (κ2) is 8.24. The van der Waals surface area contributed by atoms with E-state index in [9.17, 15) is 19.5 Å². The fourth-order valence-electron chi connectivity index (χ4n) is 3.46. The molecule has 0 aliphatic carbocycles. The molecule has 1 saturated heterocycles. The molecule has 32 heavy (non-hydrogen) atoms. The molecule has 1 aromatic heterocycles. The van der Waals surface area contributed by atoms with Crippen molar-refractivity contribution >= 4 is 46.9 Å². The Hall–Kier alpha value is -4.04. The Labute approximate surface area is 189 Å². The largest absolute Gasteiger partial charge is 0.478 e. The van der Waals surface area contributed by atoms with Crippen molar-refractivity contribution in [1.29, 1.82) is 0 Å². The van der Waals surface area contributed by atoms with Crippen LogP contribution >= 0.6 is 12.2 Å². The van der Waals surface area contributed by atoms with E-state index < -0.39 is 17.8 Å². The maximum atomic E-state index is 13.2. The number of aromatic carboxylic acids is 1. The molecule has 1 aliphatic heterocycles. The number of amides is 2. The third-order valence-corrected chi connectivity index (χ3v) is 5.54. The minimum Gasteiger partial charge on any atom is -0.478 e. The van der Waals surface area contributed by atoms with E-state index in [0.29, 0.717) is 17.0 Å². The molecule has 2 heterocycles. The molecule has 160 valence electrons. The molecule has 0 radical (unpaired) electrons. The van der Waals surface area contributed by atoms with Gasteiger partial charge in [-0.25, -0.2) is 4.79 Å². The number of aryl methyl sites for hydroxylation is 1. The molecule has 2 aromatic carbocycles. The Morgan fingerprint density at radius 2 is 1.81 bits per heavy atom. The first-order valence-corrected chi connectivity index (χ1v) is 10.1. The third-order valence-electron chi connectivity index (χ3n) is 5.25. The van der Waals surface area contributed by atoms with Gasteiger partial charge in [-0.05, 0) is 67.5 Å². The zero-order chi connectivity index (χ0) is 23.0. The van der Waals surface area contributed by atoms with Crippen LogP contribution in [-0.4, -0.2) is 28.0 Å². The van der Waals surface area contributed by atoms with Gasteiger partial charge in [0.05, 0.1) is 11.3 Å². The highest BCUT2D eigenvalue weighted by molar-refractivity contribution is 7.80. The van der Waals surface area contributed by atoms with Crippen LogP contribution in [0.5, 0.6) is 0 Å². The molecular formula is C24H18N2O5S. The van der Waals surface area contributed by atoms with Crippen molar-refractivity contribution in [3.05, 3.63) is 82.6 Å². The van der Waals surface area contributed by atoms with Gasteiger partial charge in [0.15, 0.2) is 5.11 Å². The van der Waals surface area contributed by atoms with Crippen LogP contribution in [0.3, 0.4) is 0 Å². The summed E-state index contributed by atoms with van der Waals surface area (Å²) in [6, 6.07) is 15.1. The van der Waals surface area contributed by atoms with E-state index in [0.717, 1.165) is 11.1 Å². The zero-order valence-electron chi connectivity index (χ0n) is 17.2. The number of thiocarbonyl (C=S) groups is 1. The summed E-state index contributed by atoms with van der Waals surface area (Å²) >= 11 is 5.26. The highest BCUT2D eigenvalue weighted by Gasteiger charge is 2.35. The van der Waals surface area contributed by atoms with Gasteiger partial charge in [-0.3, -0.25) is 19.8 Å². The maximum absolute atomic E-state index is 13.2. The number of hydrogen-bond acceptors (Lipinski definition) is 5. The fraction of sp³-hybridized carbons (Fsp3) is 0.0833. The monoisotopic (exact) mass is 446 g/mol. The number of anilines is 1. The van der Waals surface area contributed by atoms with Crippen molar-refractivity contribution in [2.24, 2.45) is 0 Å². The van der Waals surface area contributed by atoms with Crippen molar-refractivity contribution in [2.45, 2.75) is 13.8 Å². The van der Waals surface area contributed by atoms with Crippen molar-refractivity contribution < 1.29 is 23.9 Å². The van der Waals surface area contributed by atoms with E-state index in [1.165, 1.54) is 17.0 Å². The minimum atomic E-state index is -1.09. The summed E-state index contributed by atoms with van der Waals surface area (Å²) in [5.41, 5.74) is 2.76. The summed E-state index contributed by atoms with van der Waals surface area (Å²) in [4.78, 5) is 38.5. The Morgan fingerprint density at radius 3 is 2.56 bits per heavy atom. The second-order valence-corrected chi connectivity index (χ2v) is 7.62. The average Bonchev–Trinajstić information content (AvgIpc) is 3.22. The number of benzene rings is 2. The summed E-state index contributed by atoms with van der Waals surface area (Å²) in [5, 5.41) is 11.9. The quantitative estimate of drug-likeness (QED) is 0.356. The Kier molecular flexibility index (Phi) is 5.46. The van der Waals surface area contributed by atoms with Crippen LogP contribution in [0.1, 0.15) is 27.2 Å². The van der Waals surface area contributed by atoms with Gasteiger partial charge in [0.1, 0.15) is 17.1 Å². The van der Waals surface area contributed by atoms with Gasteiger partial charge in [-0.2, -0.15) is 0 Å². The predicted octanol–water partition coefficient (Wildman–Crippen LogP) is 4.09. The third kappa shape index (κ3) is 3.72. The van der Waals surface area contributed by atoms with Crippen LogP contribution < -0.4 is 10.2 Å². The fourth-order valence-corrected chi connectivity index (χ4v) is 3.73. The lowest BCUT2D eigenvalue weighted by Crippen LogP contribution is -2.54. The molecule has 1 aliphatic rings. The molecule has 0 saturated carbocycles. The van der Waals surface area contributed by atoms with Gasteiger partial charge in [0, 0.05) is 5.56 Å². The van der Waals surface area contributed by atoms with Crippen LogP contribution in [0.15, 0.2) is 64.6 Å². The Balaban J connectivity index is 1.72. The van der Waals surface area contributed by atoms with Crippen LogP contribution in [0.2, 0.25) is 0 Å². The van der Waals surface area contributed by atoms with E-state index in [2.05, 4.69) is 5.32 Å². The lowest BCUT2D eigenvalue weighted by molar-refractivity contribution is -0.122. The Bertz CT molecular complexity index is 1320. The molecule has 2 amide bonds. The smallest absolute Gasteiger partial charge is 0.336 e. The van der Waals surface area contributed by atoms with Crippen molar-refractivity contribution in [3.8, 4) is 11.3 Å². The molecule has 0 unspecified atom stereocenters. The molecule has 0 atom stereocenters. The standard InChI is InChI=1S/C24H18N2O5S/c1-13-6-5-9-19(14(13)2)26-22(28)18(21(27)25-24(26)32)12-15-10-11-20(31-15)16-7-3-4-8-17(16)23(29)30/h3-12H,1-2H3,(H,29,30)(H,25,27,32)/b18-12+. The summed E-state index contributed by atoms with van der Waals surface area (Å²) in [7, 11) is 0. The minimum absolute atomic E-state index is 0.00127. The first kappa shape index (κ1) is 21.2. The van der Waals surface area contributed by atoms with Crippen molar-refractivity contribution in [2.75, 3.05) is 4.90 Å². The maximum Gasteiger partial charge on any atom is 0.336 e. The average molecular weight is 446 g/mol. The number of carboxylic acids is 1. The number of carbonyl (C=O) groups is 3. The number of hydrogen-bond donors (Lipinski definition) is 2. The van der Waals surface area contributed by atoms with Gasteiger partial charge in [-0.15, -0.1) is 0 Å². The molecule has 0 bridgehead atoms. The zero-order valence-corrected chi connectivity index (χ0v) is 18.0. The van der Waals surface area contributed by atoms with Crippen LogP contribution in [-0.2, 0) is 9.59 Å². The SMILES string of the molecule is Cc1cccc(N2C(=O)/C(=C/c3ccc(-c4ccccc4C(=O)O)o3)C(=O)NC2=S)c1C. The topological polar surface area (TPSA) is 99.8 Å². The number of carboxylic acid groups (broad SMARTS) is 1. The lowest BCUT2D eigenvalue weighted by atomic mass is 10.0. The molecule has 3 aromatic rings. The Morgan fingerprint density at radius 1 is 1.06 bits per heavy atom. The molecule has 4 rings (SSSR count). The predicted molar refractivity (Wildman–Crippen MR) is 123 cm³/mol. The van der Waals surface area contributed by atoms with E-state index >= 15 is 0 Å². The number of carbonyl (C=O) groups excluding carboxylic acids is 2. The molecule has 0 spiro atoms. The molecule has 8 heteroatoms. The number of nitrogens with one attached hydrogen (secondary N) is 1. The van der Waals surface area contributed by atoms with E-state index in [4.69, 9.17) is 16.6 Å². The normalized spacial score (nSPS) is 15.2. The highest BCUT2D eigenvalue weighted by atomic mass is 32.1. The highest BCUT2D eigenvalue weighted by Crippen LogP contribution is 2.29. The van der Waals surface area contributed by atoms with Gasteiger partial charge in [0.25, 0.3) is 11.8 Å². The number of nitrogens with zero attached hydrogens (tertiary/aromatic N) is 1.